The van der Waals surface area contributed by atoms with Gasteiger partial charge in [-0.05, 0) is 32.8 Å². The van der Waals surface area contributed by atoms with Crippen LogP contribution < -0.4 is 4.74 Å². The average molecular weight is 312 g/mol. The molecule has 0 spiro atoms. The minimum atomic E-state index is -3.42. The van der Waals surface area contributed by atoms with E-state index in [4.69, 9.17) is 13.8 Å². The van der Waals surface area contributed by atoms with Gasteiger partial charge in [0.25, 0.3) is 0 Å². The Balaban J connectivity index is 2.38. The standard InChI is InChI=1S/C15H21O5P/c1-4-19-21(17,20-5-2)14-10-9-11-12(15(14)16)7-6-8-13(11)18-3/h6-8,14H,4-5,9-10H2,1-3H3. The summed E-state index contributed by atoms with van der Waals surface area (Å²) in [5.74, 6) is 0.516. The lowest BCUT2D eigenvalue weighted by atomic mass is 9.89. The predicted molar refractivity (Wildman–Crippen MR) is 80.3 cm³/mol. The summed E-state index contributed by atoms with van der Waals surface area (Å²) in [5.41, 5.74) is 0.711. The number of hydrogen-bond acceptors (Lipinski definition) is 5. The van der Waals surface area contributed by atoms with Gasteiger partial charge in [-0.3, -0.25) is 9.36 Å². The first kappa shape index (κ1) is 16.2. The summed E-state index contributed by atoms with van der Waals surface area (Å²) in [5, 5.41) is 0. The van der Waals surface area contributed by atoms with Gasteiger partial charge >= 0.3 is 7.60 Å². The molecule has 0 heterocycles. The van der Waals surface area contributed by atoms with E-state index in [1.807, 2.05) is 6.07 Å². The molecule has 1 aromatic rings. The first-order chi connectivity index (χ1) is 10.1. The van der Waals surface area contributed by atoms with Gasteiger partial charge in [-0.25, -0.2) is 0 Å². The fourth-order valence-corrected chi connectivity index (χ4v) is 4.74. The van der Waals surface area contributed by atoms with Crippen molar-refractivity contribution in [3.05, 3.63) is 29.3 Å². The van der Waals surface area contributed by atoms with Crippen LogP contribution in [0.15, 0.2) is 18.2 Å². The molecule has 1 aromatic carbocycles. The average Bonchev–Trinajstić information content (AvgIpc) is 2.47. The fraction of sp³-hybridized carbons (Fsp3) is 0.533. The minimum absolute atomic E-state index is 0.180. The first-order valence-electron chi connectivity index (χ1n) is 7.16. The van der Waals surface area contributed by atoms with E-state index in [2.05, 4.69) is 0 Å². The second-order valence-electron chi connectivity index (χ2n) is 4.78. The Bertz CT molecular complexity index is 559. The smallest absolute Gasteiger partial charge is 0.341 e. The minimum Gasteiger partial charge on any atom is -0.496 e. The van der Waals surface area contributed by atoms with Crippen LogP contribution in [0.25, 0.3) is 0 Å². The molecule has 0 saturated carbocycles. The molecule has 1 aliphatic carbocycles. The van der Waals surface area contributed by atoms with Gasteiger partial charge in [0.15, 0.2) is 5.78 Å². The molecule has 21 heavy (non-hydrogen) atoms. The molecule has 2 rings (SSSR count). The highest BCUT2D eigenvalue weighted by molar-refractivity contribution is 7.55. The number of ketones is 1. The van der Waals surface area contributed by atoms with Gasteiger partial charge in [0, 0.05) is 11.1 Å². The molecule has 1 unspecified atom stereocenters. The third-order valence-electron chi connectivity index (χ3n) is 3.59. The second kappa shape index (κ2) is 6.73. The monoisotopic (exact) mass is 312 g/mol. The lowest BCUT2D eigenvalue weighted by Gasteiger charge is -2.29. The molecule has 0 amide bonds. The van der Waals surface area contributed by atoms with E-state index < -0.39 is 13.3 Å². The molecule has 0 aliphatic heterocycles. The Labute approximate surface area is 125 Å². The number of Topliss-reactive ketones (excluding diaryl/α,β-unsaturated/α-hetero) is 1. The van der Waals surface area contributed by atoms with Crippen molar-refractivity contribution in [3.63, 3.8) is 0 Å². The van der Waals surface area contributed by atoms with E-state index in [9.17, 15) is 9.36 Å². The number of fused-ring (bicyclic) bond motifs is 1. The molecule has 1 aliphatic rings. The summed E-state index contributed by atoms with van der Waals surface area (Å²) in [6.07, 6.45) is 1.07. The van der Waals surface area contributed by atoms with Crippen LogP contribution in [-0.4, -0.2) is 31.8 Å². The summed E-state index contributed by atoms with van der Waals surface area (Å²) in [6, 6.07) is 5.34. The normalized spacial score (nSPS) is 18.4. The Hall–Kier alpha value is -1.16. The van der Waals surface area contributed by atoms with Crippen LogP contribution in [0.3, 0.4) is 0 Å². The fourth-order valence-electron chi connectivity index (χ4n) is 2.72. The number of methoxy groups -OCH3 is 1. The van der Waals surface area contributed by atoms with E-state index in [-0.39, 0.29) is 19.0 Å². The topological polar surface area (TPSA) is 61.8 Å². The van der Waals surface area contributed by atoms with Gasteiger partial charge < -0.3 is 13.8 Å². The van der Waals surface area contributed by atoms with Gasteiger partial charge in [0.05, 0.1) is 20.3 Å². The van der Waals surface area contributed by atoms with E-state index >= 15 is 0 Å². The largest absolute Gasteiger partial charge is 0.496 e. The van der Waals surface area contributed by atoms with Gasteiger partial charge in [-0.2, -0.15) is 0 Å². The maximum Gasteiger partial charge on any atom is 0.341 e. The van der Waals surface area contributed by atoms with Crippen LogP contribution in [0.5, 0.6) is 5.75 Å². The highest BCUT2D eigenvalue weighted by Gasteiger charge is 2.44. The molecule has 0 radical (unpaired) electrons. The maximum absolute atomic E-state index is 12.8. The molecule has 6 heteroatoms. The first-order valence-corrected chi connectivity index (χ1v) is 8.77. The highest BCUT2D eigenvalue weighted by Crippen LogP contribution is 2.56. The Morgan fingerprint density at radius 3 is 2.48 bits per heavy atom. The van der Waals surface area contributed by atoms with Crippen LogP contribution in [0.2, 0.25) is 0 Å². The number of rotatable bonds is 6. The SMILES string of the molecule is CCOP(=O)(OCC)C1CCc2c(OC)cccc2C1=O. The molecule has 5 nitrogen and oxygen atoms in total. The summed E-state index contributed by atoms with van der Waals surface area (Å²) in [4.78, 5) is 12.7. The molecule has 116 valence electrons. The van der Waals surface area contributed by atoms with Crippen molar-refractivity contribution in [2.45, 2.75) is 32.3 Å². The zero-order chi connectivity index (χ0) is 15.5. The number of hydrogen-bond donors (Lipinski definition) is 0. The van der Waals surface area contributed by atoms with Crippen molar-refractivity contribution in [1.82, 2.24) is 0 Å². The Morgan fingerprint density at radius 1 is 1.24 bits per heavy atom. The number of benzene rings is 1. The second-order valence-corrected chi connectivity index (χ2v) is 7.00. The van der Waals surface area contributed by atoms with Crippen molar-refractivity contribution in [1.29, 1.82) is 0 Å². The molecule has 0 aromatic heterocycles. The highest BCUT2D eigenvalue weighted by atomic mass is 31.2. The summed E-state index contributed by atoms with van der Waals surface area (Å²) in [7, 11) is -1.84. The molecule has 0 bridgehead atoms. The van der Waals surface area contributed by atoms with E-state index in [1.165, 1.54) is 0 Å². The van der Waals surface area contributed by atoms with Crippen LogP contribution in [0, 0.1) is 0 Å². The summed E-state index contributed by atoms with van der Waals surface area (Å²) in [6.45, 7) is 4.00. The van der Waals surface area contributed by atoms with Crippen molar-refractivity contribution >= 4 is 13.4 Å². The van der Waals surface area contributed by atoms with Gasteiger partial charge in [0.1, 0.15) is 11.4 Å². The lowest BCUT2D eigenvalue weighted by Crippen LogP contribution is -2.29. The summed E-state index contributed by atoms with van der Waals surface area (Å²) < 4.78 is 28.8. The number of ether oxygens (including phenoxy) is 1. The van der Waals surface area contributed by atoms with Crippen LogP contribution >= 0.6 is 7.60 Å². The van der Waals surface area contributed by atoms with Crippen LogP contribution in [-0.2, 0) is 20.0 Å². The summed E-state index contributed by atoms with van der Waals surface area (Å²) >= 11 is 0. The third kappa shape index (κ3) is 3.05. The Morgan fingerprint density at radius 2 is 1.90 bits per heavy atom. The maximum atomic E-state index is 12.8. The van der Waals surface area contributed by atoms with Gasteiger partial charge in [-0.1, -0.05) is 12.1 Å². The van der Waals surface area contributed by atoms with Crippen molar-refractivity contribution in [2.75, 3.05) is 20.3 Å². The van der Waals surface area contributed by atoms with Gasteiger partial charge in [-0.15, -0.1) is 0 Å². The van der Waals surface area contributed by atoms with Crippen molar-refractivity contribution in [3.8, 4) is 5.75 Å². The quantitative estimate of drug-likeness (QED) is 0.753. The molecular formula is C15H21O5P. The van der Waals surface area contributed by atoms with Crippen LogP contribution in [0.4, 0.5) is 0 Å². The molecule has 0 N–H and O–H groups in total. The van der Waals surface area contributed by atoms with Crippen LogP contribution in [0.1, 0.15) is 36.2 Å². The number of carbonyl (C=O) groups excluding carboxylic acids is 1. The molecule has 0 saturated heterocycles. The van der Waals surface area contributed by atoms with Gasteiger partial charge in [0.2, 0.25) is 0 Å². The van der Waals surface area contributed by atoms with E-state index in [1.54, 1.807) is 33.1 Å². The third-order valence-corrected chi connectivity index (χ3v) is 6.08. The zero-order valence-electron chi connectivity index (χ0n) is 12.6. The van der Waals surface area contributed by atoms with E-state index in [0.29, 0.717) is 24.2 Å². The van der Waals surface area contributed by atoms with E-state index in [0.717, 1.165) is 5.56 Å². The predicted octanol–water partition coefficient (Wildman–Crippen LogP) is 3.46. The number of carbonyl (C=O) groups is 1. The molecular weight excluding hydrogens is 291 g/mol. The lowest BCUT2D eigenvalue weighted by molar-refractivity contribution is 0.0954. The van der Waals surface area contributed by atoms with Crippen molar-refractivity contribution in [2.24, 2.45) is 0 Å². The Kier molecular flexibility index (Phi) is 5.20. The molecule has 1 atom stereocenters. The molecule has 0 fully saturated rings. The van der Waals surface area contributed by atoms with Crippen molar-refractivity contribution < 1.29 is 23.1 Å². The zero-order valence-corrected chi connectivity index (χ0v) is 13.5.